The molecule has 0 aromatic carbocycles. The van der Waals surface area contributed by atoms with Crippen molar-refractivity contribution in [2.75, 3.05) is 0 Å². The summed E-state index contributed by atoms with van der Waals surface area (Å²) in [5.41, 5.74) is 0. The molecular formula is C7H9NO3. The van der Waals surface area contributed by atoms with Crippen LogP contribution in [0.5, 0.6) is 0 Å². The van der Waals surface area contributed by atoms with Crippen molar-refractivity contribution in [1.82, 2.24) is 5.06 Å². The van der Waals surface area contributed by atoms with E-state index in [4.69, 9.17) is 9.62 Å². The molecule has 0 bridgehead atoms. The van der Waals surface area contributed by atoms with Crippen LogP contribution in [0.15, 0.2) is 22.8 Å². The van der Waals surface area contributed by atoms with E-state index in [2.05, 4.69) is 0 Å². The summed E-state index contributed by atoms with van der Waals surface area (Å²) >= 11 is 0. The van der Waals surface area contributed by atoms with Crippen molar-refractivity contribution < 1.29 is 14.4 Å². The third-order valence-electron chi connectivity index (χ3n) is 1.46. The molecule has 1 N–H and O–H groups in total. The van der Waals surface area contributed by atoms with Crippen LogP contribution in [0.4, 0.5) is 0 Å². The third kappa shape index (κ3) is 1.59. The minimum atomic E-state index is -0.428. The topological polar surface area (TPSA) is 53.7 Å². The van der Waals surface area contributed by atoms with Gasteiger partial charge in [0.05, 0.1) is 6.26 Å². The van der Waals surface area contributed by atoms with Gasteiger partial charge in [0.2, 0.25) is 6.41 Å². The summed E-state index contributed by atoms with van der Waals surface area (Å²) in [6.07, 6.45) is 1.83. The molecule has 60 valence electrons. The second kappa shape index (κ2) is 3.21. The Hall–Kier alpha value is -1.29. The molecule has 1 amide bonds. The maximum absolute atomic E-state index is 10.1. The summed E-state index contributed by atoms with van der Waals surface area (Å²) in [5.74, 6) is 0.555. The SMILES string of the molecule is C[C@H](c1ccco1)N(O)C=O. The van der Waals surface area contributed by atoms with Gasteiger partial charge in [-0.3, -0.25) is 10.0 Å². The standard InChI is InChI=1S/C7H9NO3/c1-6(8(10)5-9)7-3-2-4-11-7/h2-6,10H,1H3/t6-/m1/s1. The van der Waals surface area contributed by atoms with E-state index in [-0.39, 0.29) is 0 Å². The van der Waals surface area contributed by atoms with E-state index in [0.29, 0.717) is 17.2 Å². The Morgan fingerprint density at radius 3 is 3.00 bits per heavy atom. The summed E-state index contributed by atoms with van der Waals surface area (Å²) < 4.78 is 4.96. The smallest absolute Gasteiger partial charge is 0.233 e. The molecular weight excluding hydrogens is 146 g/mol. The normalized spacial score (nSPS) is 12.5. The lowest BCUT2D eigenvalue weighted by atomic mass is 10.2. The van der Waals surface area contributed by atoms with E-state index in [1.807, 2.05) is 0 Å². The Morgan fingerprint density at radius 1 is 1.82 bits per heavy atom. The molecule has 0 aliphatic rings. The van der Waals surface area contributed by atoms with Crippen molar-refractivity contribution in [2.45, 2.75) is 13.0 Å². The van der Waals surface area contributed by atoms with E-state index in [1.165, 1.54) is 6.26 Å². The maximum atomic E-state index is 10.1. The van der Waals surface area contributed by atoms with Crippen LogP contribution in [0, 0.1) is 0 Å². The van der Waals surface area contributed by atoms with E-state index >= 15 is 0 Å². The zero-order valence-electron chi connectivity index (χ0n) is 6.10. The number of carbonyl (C=O) groups is 1. The van der Waals surface area contributed by atoms with Crippen molar-refractivity contribution in [3.8, 4) is 0 Å². The number of nitrogens with zero attached hydrogens (tertiary/aromatic N) is 1. The van der Waals surface area contributed by atoms with Gasteiger partial charge in [0.1, 0.15) is 11.8 Å². The highest BCUT2D eigenvalue weighted by Crippen LogP contribution is 2.16. The van der Waals surface area contributed by atoms with E-state index in [0.717, 1.165) is 0 Å². The molecule has 1 aromatic rings. The van der Waals surface area contributed by atoms with Crippen molar-refractivity contribution in [3.63, 3.8) is 0 Å². The fourth-order valence-corrected chi connectivity index (χ4v) is 0.751. The molecule has 0 radical (unpaired) electrons. The van der Waals surface area contributed by atoms with E-state index in [1.54, 1.807) is 19.1 Å². The van der Waals surface area contributed by atoms with Crippen molar-refractivity contribution in [1.29, 1.82) is 0 Å². The Labute approximate surface area is 64.0 Å². The molecule has 11 heavy (non-hydrogen) atoms. The van der Waals surface area contributed by atoms with E-state index in [9.17, 15) is 4.79 Å². The summed E-state index contributed by atoms with van der Waals surface area (Å²) in [6, 6.07) is 2.96. The lowest BCUT2D eigenvalue weighted by molar-refractivity contribution is -0.160. The van der Waals surface area contributed by atoms with Crippen LogP contribution in [0.25, 0.3) is 0 Å². The molecule has 4 heteroatoms. The molecule has 0 saturated heterocycles. The molecule has 0 spiro atoms. The Kier molecular flexibility index (Phi) is 2.28. The van der Waals surface area contributed by atoms with Crippen molar-refractivity contribution >= 4 is 6.41 Å². The Balaban J connectivity index is 2.69. The molecule has 1 atom stereocenters. The monoisotopic (exact) mass is 155 g/mol. The quantitative estimate of drug-likeness (QED) is 0.405. The molecule has 0 aliphatic heterocycles. The Bertz CT molecular complexity index is 220. The first kappa shape index (κ1) is 7.81. The second-order valence-corrected chi connectivity index (χ2v) is 2.18. The van der Waals surface area contributed by atoms with Crippen LogP contribution in [-0.2, 0) is 4.79 Å². The van der Waals surface area contributed by atoms with Gasteiger partial charge in [-0.1, -0.05) is 0 Å². The number of hydrogen-bond acceptors (Lipinski definition) is 3. The largest absolute Gasteiger partial charge is 0.467 e. The number of amides is 1. The highest BCUT2D eigenvalue weighted by atomic mass is 16.5. The lowest BCUT2D eigenvalue weighted by Crippen LogP contribution is -2.20. The van der Waals surface area contributed by atoms with Gasteiger partial charge in [-0.2, -0.15) is 0 Å². The van der Waals surface area contributed by atoms with Gasteiger partial charge in [0.25, 0.3) is 0 Å². The van der Waals surface area contributed by atoms with Gasteiger partial charge in [-0.05, 0) is 19.1 Å². The molecule has 0 saturated carbocycles. The number of hydroxylamine groups is 2. The fourth-order valence-electron chi connectivity index (χ4n) is 0.751. The molecule has 0 aliphatic carbocycles. The number of hydrogen-bond donors (Lipinski definition) is 1. The minimum absolute atomic E-state index is 0.340. The zero-order valence-corrected chi connectivity index (χ0v) is 6.10. The van der Waals surface area contributed by atoms with Gasteiger partial charge in [-0.25, -0.2) is 5.06 Å². The van der Waals surface area contributed by atoms with Crippen LogP contribution in [0.2, 0.25) is 0 Å². The minimum Gasteiger partial charge on any atom is -0.467 e. The number of rotatable bonds is 3. The molecule has 1 heterocycles. The molecule has 4 nitrogen and oxygen atoms in total. The first-order chi connectivity index (χ1) is 5.25. The lowest BCUT2D eigenvalue weighted by Gasteiger charge is -2.14. The van der Waals surface area contributed by atoms with E-state index < -0.39 is 6.04 Å². The maximum Gasteiger partial charge on any atom is 0.233 e. The summed E-state index contributed by atoms with van der Waals surface area (Å²) in [6.45, 7) is 1.66. The molecule has 1 rings (SSSR count). The van der Waals surface area contributed by atoms with Gasteiger partial charge >= 0.3 is 0 Å². The summed E-state index contributed by atoms with van der Waals surface area (Å²) in [5, 5.41) is 9.46. The second-order valence-electron chi connectivity index (χ2n) is 2.18. The molecule has 0 unspecified atom stereocenters. The fraction of sp³-hybridized carbons (Fsp3) is 0.286. The highest BCUT2D eigenvalue weighted by molar-refractivity contribution is 5.45. The van der Waals surface area contributed by atoms with Gasteiger partial charge in [-0.15, -0.1) is 0 Å². The zero-order chi connectivity index (χ0) is 8.27. The average molecular weight is 155 g/mol. The Morgan fingerprint density at radius 2 is 2.55 bits per heavy atom. The highest BCUT2D eigenvalue weighted by Gasteiger charge is 2.13. The molecule has 1 aromatic heterocycles. The van der Waals surface area contributed by atoms with Gasteiger partial charge in [0.15, 0.2) is 0 Å². The van der Waals surface area contributed by atoms with Crippen LogP contribution in [-0.4, -0.2) is 16.7 Å². The number of furan rings is 1. The number of carbonyl (C=O) groups excluding carboxylic acids is 1. The predicted molar refractivity (Wildman–Crippen MR) is 36.8 cm³/mol. The first-order valence-corrected chi connectivity index (χ1v) is 3.21. The van der Waals surface area contributed by atoms with Gasteiger partial charge in [0, 0.05) is 0 Å². The summed E-state index contributed by atoms with van der Waals surface area (Å²) in [4.78, 5) is 10.1. The van der Waals surface area contributed by atoms with Crippen LogP contribution >= 0.6 is 0 Å². The van der Waals surface area contributed by atoms with Crippen LogP contribution in [0.1, 0.15) is 18.7 Å². The third-order valence-corrected chi connectivity index (χ3v) is 1.46. The predicted octanol–water partition coefficient (Wildman–Crippen LogP) is 1.19. The van der Waals surface area contributed by atoms with Crippen molar-refractivity contribution in [2.24, 2.45) is 0 Å². The average Bonchev–Trinajstić information content (AvgIpc) is 2.53. The van der Waals surface area contributed by atoms with Gasteiger partial charge < -0.3 is 4.42 Å². The summed E-state index contributed by atoms with van der Waals surface area (Å²) in [7, 11) is 0. The first-order valence-electron chi connectivity index (χ1n) is 3.21. The molecule has 0 fully saturated rings. The van der Waals surface area contributed by atoms with Crippen LogP contribution in [0.3, 0.4) is 0 Å². The van der Waals surface area contributed by atoms with Crippen LogP contribution < -0.4 is 0 Å². The van der Waals surface area contributed by atoms with Crippen molar-refractivity contribution in [3.05, 3.63) is 24.2 Å².